The molecule has 100 valence electrons. The SMILES string of the molecule is CCc1nc(C)ccc1Oc1ccc(C(C)N)nc1. The second-order valence-corrected chi connectivity index (χ2v) is 4.56. The summed E-state index contributed by atoms with van der Waals surface area (Å²) in [6.07, 6.45) is 2.53. The number of aromatic nitrogens is 2. The Morgan fingerprint density at radius 1 is 1.26 bits per heavy atom. The van der Waals surface area contributed by atoms with Crippen LogP contribution in [0, 0.1) is 6.92 Å². The first-order chi connectivity index (χ1) is 9.10. The van der Waals surface area contributed by atoms with Crippen molar-refractivity contribution in [1.82, 2.24) is 9.97 Å². The van der Waals surface area contributed by atoms with Gasteiger partial charge < -0.3 is 10.5 Å². The van der Waals surface area contributed by atoms with Crippen LogP contribution in [0.3, 0.4) is 0 Å². The van der Waals surface area contributed by atoms with Crippen molar-refractivity contribution >= 4 is 0 Å². The van der Waals surface area contributed by atoms with Crippen molar-refractivity contribution in [1.29, 1.82) is 0 Å². The Morgan fingerprint density at radius 2 is 2.05 bits per heavy atom. The molecule has 0 aliphatic heterocycles. The Morgan fingerprint density at radius 3 is 2.63 bits per heavy atom. The van der Waals surface area contributed by atoms with Gasteiger partial charge in [-0.25, -0.2) is 0 Å². The summed E-state index contributed by atoms with van der Waals surface area (Å²) in [5, 5.41) is 0. The largest absolute Gasteiger partial charge is 0.454 e. The molecular formula is C15H19N3O. The maximum Gasteiger partial charge on any atom is 0.148 e. The van der Waals surface area contributed by atoms with Crippen LogP contribution in [0.15, 0.2) is 30.5 Å². The van der Waals surface area contributed by atoms with Crippen LogP contribution >= 0.6 is 0 Å². The highest BCUT2D eigenvalue weighted by Crippen LogP contribution is 2.24. The van der Waals surface area contributed by atoms with E-state index in [0.29, 0.717) is 5.75 Å². The summed E-state index contributed by atoms with van der Waals surface area (Å²) in [5.41, 5.74) is 8.57. The first-order valence-electron chi connectivity index (χ1n) is 6.46. The number of nitrogens with two attached hydrogens (primary N) is 1. The fourth-order valence-corrected chi connectivity index (χ4v) is 1.79. The molecular weight excluding hydrogens is 238 g/mol. The van der Waals surface area contributed by atoms with E-state index in [0.717, 1.165) is 29.3 Å². The molecule has 2 heterocycles. The third-order valence-electron chi connectivity index (χ3n) is 2.86. The molecule has 19 heavy (non-hydrogen) atoms. The van der Waals surface area contributed by atoms with Crippen LogP contribution in [0.4, 0.5) is 0 Å². The number of rotatable bonds is 4. The highest BCUT2D eigenvalue weighted by Gasteiger charge is 2.07. The summed E-state index contributed by atoms with van der Waals surface area (Å²) in [6, 6.07) is 7.58. The third kappa shape index (κ3) is 3.29. The molecule has 0 aromatic carbocycles. The third-order valence-corrected chi connectivity index (χ3v) is 2.86. The summed E-state index contributed by atoms with van der Waals surface area (Å²) in [5.74, 6) is 1.48. The van der Waals surface area contributed by atoms with Gasteiger partial charge in [-0.3, -0.25) is 9.97 Å². The van der Waals surface area contributed by atoms with Crippen molar-refractivity contribution < 1.29 is 4.74 Å². The number of nitrogens with zero attached hydrogens (tertiary/aromatic N) is 2. The molecule has 2 rings (SSSR count). The molecule has 2 aromatic rings. The summed E-state index contributed by atoms with van der Waals surface area (Å²) >= 11 is 0. The second-order valence-electron chi connectivity index (χ2n) is 4.56. The van der Waals surface area contributed by atoms with Crippen LogP contribution < -0.4 is 10.5 Å². The van der Waals surface area contributed by atoms with Crippen molar-refractivity contribution in [2.75, 3.05) is 0 Å². The number of hydrogen-bond donors (Lipinski definition) is 1. The highest BCUT2D eigenvalue weighted by molar-refractivity contribution is 5.34. The minimum Gasteiger partial charge on any atom is -0.454 e. The van der Waals surface area contributed by atoms with Crippen LogP contribution in [0.25, 0.3) is 0 Å². The zero-order chi connectivity index (χ0) is 13.8. The molecule has 0 spiro atoms. The second kappa shape index (κ2) is 5.80. The van der Waals surface area contributed by atoms with Crippen molar-refractivity contribution in [2.45, 2.75) is 33.2 Å². The van der Waals surface area contributed by atoms with E-state index in [-0.39, 0.29) is 6.04 Å². The molecule has 1 unspecified atom stereocenters. The zero-order valence-corrected chi connectivity index (χ0v) is 11.6. The summed E-state index contributed by atoms with van der Waals surface area (Å²) in [7, 11) is 0. The van der Waals surface area contributed by atoms with Crippen LogP contribution in [0.2, 0.25) is 0 Å². The molecule has 0 radical (unpaired) electrons. The molecule has 4 heteroatoms. The van der Waals surface area contributed by atoms with Crippen molar-refractivity contribution in [3.05, 3.63) is 47.5 Å². The van der Waals surface area contributed by atoms with E-state index in [1.165, 1.54) is 0 Å². The molecule has 0 amide bonds. The first kappa shape index (κ1) is 13.5. The van der Waals surface area contributed by atoms with Gasteiger partial charge in [-0.05, 0) is 44.5 Å². The van der Waals surface area contributed by atoms with E-state index in [1.54, 1.807) is 6.20 Å². The topological polar surface area (TPSA) is 61.0 Å². The number of hydrogen-bond acceptors (Lipinski definition) is 4. The standard InChI is InChI=1S/C15H19N3O/c1-4-13-15(8-5-10(2)18-13)19-12-6-7-14(11(3)16)17-9-12/h5-9,11H,4,16H2,1-3H3. The Balaban J connectivity index is 2.21. The van der Waals surface area contributed by atoms with E-state index >= 15 is 0 Å². The Hall–Kier alpha value is -1.94. The predicted molar refractivity (Wildman–Crippen MR) is 75.3 cm³/mol. The molecule has 1 atom stereocenters. The lowest BCUT2D eigenvalue weighted by molar-refractivity contribution is 0.469. The van der Waals surface area contributed by atoms with Crippen LogP contribution in [0.5, 0.6) is 11.5 Å². The van der Waals surface area contributed by atoms with Gasteiger partial charge in [0.05, 0.1) is 17.6 Å². The van der Waals surface area contributed by atoms with Gasteiger partial charge in [-0.1, -0.05) is 6.92 Å². The average Bonchev–Trinajstić information content (AvgIpc) is 2.41. The lowest BCUT2D eigenvalue weighted by Gasteiger charge is -2.11. The van der Waals surface area contributed by atoms with Gasteiger partial charge >= 0.3 is 0 Å². The van der Waals surface area contributed by atoms with Gasteiger partial charge in [-0.2, -0.15) is 0 Å². The van der Waals surface area contributed by atoms with E-state index in [2.05, 4.69) is 16.9 Å². The molecule has 4 nitrogen and oxygen atoms in total. The molecule has 2 aromatic heterocycles. The van der Waals surface area contributed by atoms with E-state index in [1.807, 2.05) is 38.1 Å². The van der Waals surface area contributed by atoms with Crippen LogP contribution in [-0.4, -0.2) is 9.97 Å². The van der Waals surface area contributed by atoms with E-state index in [4.69, 9.17) is 10.5 Å². The van der Waals surface area contributed by atoms with Crippen molar-refractivity contribution in [3.63, 3.8) is 0 Å². The smallest absolute Gasteiger partial charge is 0.148 e. The lowest BCUT2D eigenvalue weighted by Crippen LogP contribution is -2.06. The molecule has 2 N–H and O–H groups in total. The van der Waals surface area contributed by atoms with E-state index in [9.17, 15) is 0 Å². The van der Waals surface area contributed by atoms with Crippen molar-refractivity contribution in [3.8, 4) is 11.5 Å². The predicted octanol–water partition coefficient (Wildman–Crippen LogP) is 3.16. The quantitative estimate of drug-likeness (QED) is 0.914. The van der Waals surface area contributed by atoms with Gasteiger partial charge in [0.15, 0.2) is 0 Å². The van der Waals surface area contributed by atoms with Gasteiger partial charge in [-0.15, -0.1) is 0 Å². The van der Waals surface area contributed by atoms with Crippen molar-refractivity contribution in [2.24, 2.45) is 5.73 Å². The number of pyridine rings is 2. The number of ether oxygens (including phenoxy) is 1. The average molecular weight is 257 g/mol. The first-order valence-corrected chi connectivity index (χ1v) is 6.46. The molecule has 0 fully saturated rings. The Kier molecular flexibility index (Phi) is 4.12. The van der Waals surface area contributed by atoms with Gasteiger partial charge in [0.1, 0.15) is 11.5 Å². The maximum atomic E-state index is 5.82. The summed E-state index contributed by atoms with van der Waals surface area (Å²) in [4.78, 5) is 8.75. The number of aryl methyl sites for hydroxylation is 2. The summed E-state index contributed by atoms with van der Waals surface area (Å²) < 4.78 is 5.82. The minimum absolute atomic E-state index is 0.0682. The minimum atomic E-state index is -0.0682. The van der Waals surface area contributed by atoms with Gasteiger partial charge in [0.25, 0.3) is 0 Å². The van der Waals surface area contributed by atoms with Gasteiger partial charge in [0, 0.05) is 11.7 Å². The van der Waals surface area contributed by atoms with E-state index < -0.39 is 0 Å². The molecule has 0 saturated heterocycles. The zero-order valence-electron chi connectivity index (χ0n) is 11.6. The van der Waals surface area contributed by atoms with Crippen LogP contribution in [0.1, 0.15) is 37.0 Å². The normalized spacial score (nSPS) is 12.2. The Labute approximate surface area is 113 Å². The van der Waals surface area contributed by atoms with Gasteiger partial charge in [0.2, 0.25) is 0 Å². The highest BCUT2D eigenvalue weighted by atomic mass is 16.5. The fourth-order valence-electron chi connectivity index (χ4n) is 1.79. The molecule has 0 bridgehead atoms. The summed E-state index contributed by atoms with van der Waals surface area (Å²) in [6.45, 7) is 5.94. The van der Waals surface area contributed by atoms with Crippen LogP contribution in [-0.2, 0) is 6.42 Å². The lowest BCUT2D eigenvalue weighted by atomic mass is 10.2. The molecule has 0 aliphatic rings. The maximum absolute atomic E-state index is 5.82. The monoisotopic (exact) mass is 257 g/mol. The molecule has 0 saturated carbocycles. The fraction of sp³-hybridized carbons (Fsp3) is 0.333. The Bertz CT molecular complexity index is 550. The molecule has 0 aliphatic carbocycles.